The highest BCUT2D eigenvalue weighted by Crippen LogP contribution is 2.27. The number of nitrogens with zero attached hydrogens (tertiary/aromatic N) is 2. The van der Waals surface area contributed by atoms with Crippen LogP contribution in [0.1, 0.15) is 12.7 Å². The molecule has 1 heterocycles. The molecule has 7 nitrogen and oxygen atoms in total. The molecule has 0 spiro atoms. The molecule has 0 saturated carbocycles. The van der Waals surface area contributed by atoms with Crippen LogP contribution in [0.4, 0.5) is 26.3 Å². The standard InChI is InChI=1S/C7H13N2.C2HF6NO4S2/c1-4-9-6-5-8(3)7(9)2;3-1(4,5)14(10,11)9-15(12,13)2(6,7)8/h5-6H,4H2,1-3H3;9H/q+1;. The van der Waals surface area contributed by atoms with Crippen LogP contribution in [-0.2, 0) is 33.6 Å². The van der Waals surface area contributed by atoms with E-state index < -0.39 is 35.2 Å². The summed E-state index contributed by atoms with van der Waals surface area (Å²) < 4.78 is 113. The van der Waals surface area contributed by atoms with Crippen LogP contribution in [0.15, 0.2) is 12.4 Å². The number of nitrogens with one attached hydrogen (secondary N) is 1. The first-order valence-electron chi connectivity index (χ1n) is 5.88. The highest BCUT2D eigenvalue weighted by molar-refractivity contribution is 8.05. The number of alkyl halides is 6. The molecule has 0 saturated heterocycles. The third-order valence-corrected chi connectivity index (χ3v) is 5.54. The number of aryl methyl sites for hydroxylation is 2. The van der Waals surface area contributed by atoms with Crippen LogP contribution >= 0.6 is 0 Å². The molecule has 0 aliphatic carbocycles. The van der Waals surface area contributed by atoms with Gasteiger partial charge in [-0.25, -0.2) is 26.0 Å². The van der Waals surface area contributed by atoms with Crippen molar-refractivity contribution in [2.75, 3.05) is 0 Å². The minimum atomic E-state index is -6.60. The van der Waals surface area contributed by atoms with Gasteiger partial charge in [0.05, 0.1) is 13.6 Å². The van der Waals surface area contributed by atoms with E-state index >= 15 is 0 Å². The Morgan fingerprint density at radius 3 is 1.58 bits per heavy atom. The molecule has 1 aromatic heterocycles. The molecule has 0 aromatic carbocycles. The van der Waals surface area contributed by atoms with Gasteiger partial charge in [0.1, 0.15) is 12.4 Å². The summed E-state index contributed by atoms with van der Waals surface area (Å²) in [6.45, 7) is 5.32. The molecule has 0 bridgehead atoms. The lowest BCUT2D eigenvalue weighted by molar-refractivity contribution is -0.677. The summed E-state index contributed by atoms with van der Waals surface area (Å²) in [5, 5.41) is 0. The van der Waals surface area contributed by atoms with Crippen LogP contribution in [0.5, 0.6) is 0 Å². The Hall–Kier alpha value is -1.35. The summed E-state index contributed by atoms with van der Waals surface area (Å²) in [5.74, 6) is 1.30. The molecule has 0 atom stereocenters. The molecule has 15 heteroatoms. The monoisotopic (exact) mass is 406 g/mol. The summed E-state index contributed by atoms with van der Waals surface area (Å²) in [6, 6.07) is 0. The first-order valence-corrected chi connectivity index (χ1v) is 8.85. The van der Waals surface area contributed by atoms with Gasteiger partial charge in [-0.15, -0.1) is 0 Å². The van der Waals surface area contributed by atoms with Crippen molar-refractivity contribution in [3.05, 3.63) is 18.2 Å². The summed E-state index contributed by atoms with van der Waals surface area (Å²) >= 11 is 0. The molecule has 142 valence electrons. The number of hydrogen-bond acceptors (Lipinski definition) is 4. The minimum Gasteiger partial charge on any atom is -0.237 e. The lowest BCUT2D eigenvalue weighted by Gasteiger charge is -2.11. The van der Waals surface area contributed by atoms with Gasteiger partial charge in [-0.3, -0.25) is 0 Å². The van der Waals surface area contributed by atoms with Gasteiger partial charge in [0.25, 0.3) is 5.82 Å². The fourth-order valence-corrected chi connectivity index (χ4v) is 3.08. The first-order chi connectivity index (χ1) is 10.5. The van der Waals surface area contributed by atoms with Gasteiger partial charge in [-0.2, -0.15) is 26.3 Å². The van der Waals surface area contributed by atoms with Crippen molar-refractivity contribution in [1.82, 2.24) is 8.69 Å². The third kappa shape index (κ3) is 5.62. The Morgan fingerprint density at radius 1 is 1.04 bits per heavy atom. The Morgan fingerprint density at radius 2 is 1.42 bits per heavy atom. The van der Waals surface area contributed by atoms with Gasteiger partial charge in [0.15, 0.2) is 0 Å². The second-order valence-corrected chi connectivity index (χ2v) is 7.83. The fraction of sp³-hybridized carbons (Fsp3) is 0.667. The number of sulfonamides is 2. The Balaban J connectivity index is 0.000000496. The van der Waals surface area contributed by atoms with Crippen molar-refractivity contribution < 1.29 is 47.7 Å². The van der Waals surface area contributed by atoms with Gasteiger partial charge in [-0.05, 0) is 6.92 Å². The van der Waals surface area contributed by atoms with Crippen LogP contribution in [0.2, 0.25) is 0 Å². The molecule has 0 aliphatic rings. The molecule has 1 aromatic rings. The zero-order valence-electron chi connectivity index (χ0n) is 12.5. The number of hydrogen-bond donors (Lipinski definition) is 1. The number of imidazole rings is 1. The normalized spacial score (nSPS) is 13.4. The topological polar surface area (TPSA) is 89.1 Å². The molecule has 0 aliphatic heterocycles. The summed E-state index contributed by atoms with van der Waals surface area (Å²) in [5.41, 5.74) is -12.3. The van der Waals surface area contributed by atoms with Crippen LogP contribution in [0.25, 0.3) is 0 Å². The molecule has 0 radical (unpaired) electrons. The zero-order chi connectivity index (χ0) is 19.6. The van der Waals surface area contributed by atoms with E-state index in [1.165, 1.54) is 5.82 Å². The van der Waals surface area contributed by atoms with Crippen molar-refractivity contribution in [2.24, 2.45) is 7.05 Å². The summed E-state index contributed by atoms with van der Waals surface area (Å²) in [7, 11) is -11.1. The van der Waals surface area contributed by atoms with E-state index in [1.807, 2.05) is 0 Å². The Labute approximate surface area is 134 Å². The van der Waals surface area contributed by atoms with Crippen LogP contribution < -0.4 is 8.69 Å². The van der Waals surface area contributed by atoms with Gasteiger partial charge in [-0.1, -0.05) is 4.13 Å². The molecule has 1 rings (SSSR count). The lowest BCUT2D eigenvalue weighted by Crippen LogP contribution is -2.45. The van der Waals surface area contributed by atoms with Gasteiger partial charge >= 0.3 is 31.1 Å². The van der Waals surface area contributed by atoms with E-state index in [2.05, 4.69) is 42.4 Å². The van der Waals surface area contributed by atoms with Gasteiger partial charge in [0.2, 0.25) is 0 Å². The maximum absolute atomic E-state index is 11.5. The Kier molecular flexibility index (Phi) is 6.86. The molecular weight excluding hydrogens is 392 g/mol. The lowest BCUT2D eigenvalue weighted by atomic mass is 10.6. The third-order valence-electron chi connectivity index (χ3n) is 2.57. The number of aromatic nitrogens is 2. The van der Waals surface area contributed by atoms with Crippen LogP contribution in [0, 0.1) is 6.92 Å². The SMILES string of the molecule is CCn1cc[n+](C)c1C.O=S(=O)(NS(=O)(=O)C(F)(F)F)C(F)(F)F. The minimum absolute atomic E-state index is 0.493. The molecule has 0 fully saturated rings. The summed E-state index contributed by atoms with van der Waals surface area (Å²) in [6.07, 6.45) is 4.16. The van der Waals surface area contributed by atoms with E-state index in [-0.39, 0.29) is 0 Å². The quantitative estimate of drug-likeness (QED) is 0.597. The van der Waals surface area contributed by atoms with E-state index in [0.29, 0.717) is 0 Å². The van der Waals surface area contributed by atoms with Crippen molar-refractivity contribution in [2.45, 2.75) is 31.4 Å². The molecular formula is C9H14F6N3O4S2+. The number of rotatable bonds is 3. The van der Waals surface area contributed by atoms with Crippen LogP contribution in [-0.4, -0.2) is 32.4 Å². The number of halogens is 6. The second kappa shape index (κ2) is 7.26. The highest BCUT2D eigenvalue weighted by atomic mass is 32.3. The van der Waals surface area contributed by atoms with Crippen molar-refractivity contribution >= 4 is 20.0 Å². The van der Waals surface area contributed by atoms with Gasteiger partial charge in [0, 0.05) is 6.92 Å². The van der Waals surface area contributed by atoms with E-state index in [1.54, 1.807) is 0 Å². The average Bonchev–Trinajstić information content (AvgIpc) is 2.66. The van der Waals surface area contributed by atoms with Crippen molar-refractivity contribution in [1.29, 1.82) is 0 Å². The highest BCUT2D eigenvalue weighted by Gasteiger charge is 2.55. The predicted octanol–water partition coefficient (Wildman–Crippen LogP) is 0.916. The predicted molar refractivity (Wildman–Crippen MR) is 69.1 cm³/mol. The smallest absolute Gasteiger partial charge is 0.237 e. The van der Waals surface area contributed by atoms with Crippen molar-refractivity contribution in [3.63, 3.8) is 0 Å². The maximum Gasteiger partial charge on any atom is 0.512 e. The molecule has 0 unspecified atom stereocenters. The fourth-order valence-electron chi connectivity index (χ4n) is 1.17. The summed E-state index contributed by atoms with van der Waals surface area (Å²) in [4.78, 5) is 0. The van der Waals surface area contributed by atoms with Gasteiger partial charge < -0.3 is 0 Å². The largest absolute Gasteiger partial charge is 0.512 e. The zero-order valence-corrected chi connectivity index (χ0v) is 14.1. The molecule has 1 N–H and O–H groups in total. The van der Waals surface area contributed by atoms with Crippen molar-refractivity contribution in [3.8, 4) is 0 Å². The second-order valence-electron chi connectivity index (χ2n) is 4.22. The Bertz CT molecular complexity index is 722. The maximum atomic E-state index is 11.5. The first kappa shape index (κ1) is 22.6. The average molecular weight is 406 g/mol. The molecule has 0 amide bonds. The van der Waals surface area contributed by atoms with E-state index in [0.717, 1.165) is 6.54 Å². The van der Waals surface area contributed by atoms with E-state index in [4.69, 9.17) is 0 Å². The van der Waals surface area contributed by atoms with E-state index in [9.17, 15) is 43.2 Å². The molecule has 24 heavy (non-hydrogen) atoms. The van der Waals surface area contributed by atoms with Crippen LogP contribution in [0.3, 0.4) is 0 Å².